The van der Waals surface area contributed by atoms with E-state index in [0.717, 1.165) is 31.2 Å². The van der Waals surface area contributed by atoms with Gasteiger partial charge in [-0.3, -0.25) is 4.79 Å². The van der Waals surface area contributed by atoms with Gasteiger partial charge in [0.15, 0.2) is 0 Å². The molecule has 1 saturated carbocycles. The first-order chi connectivity index (χ1) is 13.0. The maximum atomic E-state index is 12.7. The SMILES string of the molecule is CCS(=O)(=O)c1nnc([C@H](Cc2ccccc2)NC(=O)C2CCCCC2)o1. The van der Waals surface area contributed by atoms with Gasteiger partial charge in [-0.1, -0.05) is 61.6 Å². The van der Waals surface area contributed by atoms with Gasteiger partial charge >= 0.3 is 5.22 Å². The van der Waals surface area contributed by atoms with E-state index in [-0.39, 0.29) is 23.5 Å². The van der Waals surface area contributed by atoms with E-state index >= 15 is 0 Å². The molecule has 3 rings (SSSR count). The van der Waals surface area contributed by atoms with E-state index < -0.39 is 21.1 Å². The Morgan fingerprint density at radius 1 is 1.19 bits per heavy atom. The van der Waals surface area contributed by atoms with Crippen molar-refractivity contribution in [1.82, 2.24) is 15.5 Å². The van der Waals surface area contributed by atoms with Crippen LogP contribution in [0.3, 0.4) is 0 Å². The molecule has 1 N–H and O–H groups in total. The van der Waals surface area contributed by atoms with Crippen LogP contribution < -0.4 is 5.32 Å². The lowest BCUT2D eigenvalue weighted by atomic mass is 9.88. The number of hydrogen-bond donors (Lipinski definition) is 1. The van der Waals surface area contributed by atoms with Crippen molar-refractivity contribution in [2.45, 2.75) is 56.7 Å². The number of nitrogens with zero attached hydrogens (tertiary/aromatic N) is 2. The van der Waals surface area contributed by atoms with Crippen LogP contribution in [-0.2, 0) is 21.1 Å². The van der Waals surface area contributed by atoms with Crippen LogP contribution >= 0.6 is 0 Å². The van der Waals surface area contributed by atoms with Crippen LogP contribution in [0.5, 0.6) is 0 Å². The third kappa shape index (κ3) is 4.94. The van der Waals surface area contributed by atoms with Crippen LogP contribution in [-0.4, -0.2) is 30.3 Å². The highest BCUT2D eigenvalue weighted by Gasteiger charge is 2.29. The number of carbonyl (C=O) groups excluding carboxylic acids is 1. The summed E-state index contributed by atoms with van der Waals surface area (Å²) in [5.41, 5.74) is 0.990. The van der Waals surface area contributed by atoms with Crippen LogP contribution in [0.4, 0.5) is 0 Å². The zero-order valence-electron chi connectivity index (χ0n) is 15.4. The molecule has 7 nitrogen and oxygen atoms in total. The number of rotatable bonds is 7. The molecule has 2 aromatic rings. The van der Waals surface area contributed by atoms with Crippen LogP contribution in [0.25, 0.3) is 0 Å². The minimum Gasteiger partial charge on any atom is -0.410 e. The second-order valence-electron chi connectivity index (χ2n) is 6.90. The van der Waals surface area contributed by atoms with E-state index in [0.29, 0.717) is 6.42 Å². The van der Waals surface area contributed by atoms with E-state index in [2.05, 4.69) is 15.5 Å². The van der Waals surface area contributed by atoms with Gasteiger partial charge in [-0.25, -0.2) is 8.42 Å². The summed E-state index contributed by atoms with van der Waals surface area (Å²) >= 11 is 0. The summed E-state index contributed by atoms with van der Waals surface area (Å²) in [4.78, 5) is 12.7. The normalized spacial score (nSPS) is 16.8. The van der Waals surface area contributed by atoms with Crippen molar-refractivity contribution >= 4 is 15.7 Å². The van der Waals surface area contributed by atoms with Gasteiger partial charge in [-0.15, -0.1) is 5.10 Å². The molecule has 0 unspecified atom stereocenters. The Bertz CT molecular complexity index is 858. The zero-order chi connectivity index (χ0) is 19.3. The smallest absolute Gasteiger partial charge is 0.335 e. The van der Waals surface area contributed by atoms with Gasteiger partial charge in [0.05, 0.1) is 5.75 Å². The fourth-order valence-electron chi connectivity index (χ4n) is 3.31. The van der Waals surface area contributed by atoms with E-state index in [4.69, 9.17) is 4.42 Å². The fraction of sp³-hybridized carbons (Fsp3) is 0.526. The highest BCUT2D eigenvalue weighted by atomic mass is 32.2. The first-order valence-electron chi connectivity index (χ1n) is 9.40. The number of amides is 1. The molecule has 8 heteroatoms. The number of sulfone groups is 1. The highest BCUT2D eigenvalue weighted by Crippen LogP contribution is 2.26. The predicted molar refractivity (Wildman–Crippen MR) is 99.6 cm³/mol. The van der Waals surface area contributed by atoms with Crippen molar-refractivity contribution in [3.63, 3.8) is 0 Å². The lowest BCUT2D eigenvalue weighted by Crippen LogP contribution is -2.36. The first-order valence-corrected chi connectivity index (χ1v) is 11.1. The summed E-state index contributed by atoms with van der Waals surface area (Å²) in [5.74, 6) is -0.0468. The van der Waals surface area contributed by atoms with Crippen molar-refractivity contribution in [3.05, 3.63) is 41.8 Å². The quantitative estimate of drug-likeness (QED) is 0.779. The topological polar surface area (TPSA) is 102 Å². The summed E-state index contributed by atoms with van der Waals surface area (Å²) in [6.45, 7) is 1.52. The molecule has 1 aromatic carbocycles. The molecule has 1 amide bonds. The average Bonchev–Trinajstić information content (AvgIpc) is 3.20. The van der Waals surface area contributed by atoms with Crippen molar-refractivity contribution in [2.75, 3.05) is 5.75 Å². The van der Waals surface area contributed by atoms with Crippen LogP contribution in [0.15, 0.2) is 40.0 Å². The van der Waals surface area contributed by atoms with Gasteiger partial charge in [0.2, 0.25) is 21.6 Å². The predicted octanol–water partition coefficient (Wildman–Crippen LogP) is 2.84. The number of hydrogen-bond acceptors (Lipinski definition) is 6. The zero-order valence-corrected chi connectivity index (χ0v) is 16.2. The van der Waals surface area contributed by atoms with Crippen molar-refractivity contribution < 1.29 is 17.6 Å². The molecule has 0 bridgehead atoms. The standard InChI is InChI=1S/C19H25N3O4S/c1-2-27(24,25)19-22-21-18(26-19)16(13-14-9-5-3-6-10-14)20-17(23)15-11-7-4-8-12-15/h3,5-6,9-10,15-16H,2,4,7-8,11-13H2,1H3,(H,20,23)/t16-/m0/s1. The van der Waals surface area contributed by atoms with Gasteiger partial charge in [0.1, 0.15) is 6.04 Å². The molecule has 1 aliphatic carbocycles. The third-order valence-corrected chi connectivity index (χ3v) is 6.40. The van der Waals surface area contributed by atoms with E-state index in [1.165, 1.54) is 13.3 Å². The van der Waals surface area contributed by atoms with Gasteiger partial charge in [-0.2, -0.15) is 0 Å². The molecule has 1 aliphatic rings. The molecule has 0 radical (unpaired) electrons. The van der Waals surface area contributed by atoms with Gasteiger partial charge < -0.3 is 9.73 Å². The summed E-state index contributed by atoms with van der Waals surface area (Å²) in [5, 5.41) is 10.2. The Morgan fingerprint density at radius 2 is 1.89 bits per heavy atom. The molecule has 146 valence electrons. The lowest BCUT2D eigenvalue weighted by molar-refractivity contribution is -0.126. The summed E-state index contributed by atoms with van der Waals surface area (Å²) in [6.07, 6.45) is 5.49. The maximum Gasteiger partial charge on any atom is 0.335 e. The molecule has 27 heavy (non-hydrogen) atoms. The summed E-state index contributed by atoms with van der Waals surface area (Å²) in [6, 6.07) is 9.07. The minimum absolute atomic E-state index is 0.0150. The van der Waals surface area contributed by atoms with Crippen LogP contribution in [0.1, 0.15) is 56.5 Å². The Labute approximate surface area is 159 Å². The second-order valence-corrected chi connectivity index (χ2v) is 9.05. The average molecular weight is 391 g/mol. The van der Waals surface area contributed by atoms with E-state index in [1.807, 2.05) is 30.3 Å². The highest BCUT2D eigenvalue weighted by molar-refractivity contribution is 7.91. The third-order valence-electron chi connectivity index (χ3n) is 4.94. The Balaban J connectivity index is 1.82. The van der Waals surface area contributed by atoms with E-state index in [9.17, 15) is 13.2 Å². The maximum absolute atomic E-state index is 12.7. The number of carbonyl (C=O) groups is 1. The minimum atomic E-state index is -3.59. The number of nitrogens with one attached hydrogen (secondary N) is 1. The monoisotopic (exact) mass is 391 g/mol. The Kier molecular flexibility index (Phi) is 6.26. The molecule has 0 spiro atoms. The molecule has 1 fully saturated rings. The van der Waals surface area contributed by atoms with Crippen molar-refractivity contribution in [1.29, 1.82) is 0 Å². The van der Waals surface area contributed by atoms with Crippen molar-refractivity contribution in [2.24, 2.45) is 5.92 Å². The summed E-state index contributed by atoms with van der Waals surface area (Å²) in [7, 11) is -3.59. The van der Waals surface area contributed by atoms with Gasteiger partial charge in [0, 0.05) is 12.3 Å². The van der Waals surface area contributed by atoms with Gasteiger partial charge in [-0.05, 0) is 18.4 Å². The number of aromatic nitrogens is 2. The fourth-order valence-corrected chi connectivity index (χ4v) is 3.94. The summed E-state index contributed by atoms with van der Waals surface area (Å²) < 4.78 is 29.4. The molecule has 0 saturated heterocycles. The first kappa shape index (κ1) is 19.5. The Hall–Kier alpha value is -2.22. The van der Waals surface area contributed by atoms with E-state index in [1.54, 1.807) is 0 Å². The van der Waals surface area contributed by atoms with Crippen molar-refractivity contribution in [3.8, 4) is 0 Å². The molecule has 0 aliphatic heterocycles. The molecular weight excluding hydrogens is 366 g/mol. The second kappa shape index (κ2) is 8.65. The van der Waals surface area contributed by atoms with Crippen LogP contribution in [0, 0.1) is 5.92 Å². The molecule has 1 heterocycles. The molecular formula is C19H25N3O4S. The molecule has 1 aromatic heterocycles. The van der Waals surface area contributed by atoms with Gasteiger partial charge in [0.25, 0.3) is 0 Å². The Morgan fingerprint density at radius 3 is 2.56 bits per heavy atom. The molecule has 1 atom stereocenters. The lowest BCUT2D eigenvalue weighted by Gasteiger charge is -2.23. The largest absolute Gasteiger partial charge is 0.410 e. The van der Waals surface area contributed by atoms with Crippen LogP contribution in [0.2, 0.25) is 0 Å². The number of benzene rings is 1.